The number of anilines is 1. The van der Waals surface area contributed by atoms with Crippen LogP contribution in [0.5, 0.6) is 0 Å². The molecular weight excluding hydrogens is 208 g/mol. The van der Waals surface area contributed by atoms with Gasteiger partial charge in [-0.1, -0.05) is 0 Å². The standard InChI is InChI=1S/C8H5F2N3S/c9-5-2-1-4(3-6(5)10)7-8(11)13-14-12-7/h1-3H,(H2,11,13). The number of nitrogens with two attached hydrogens (primary N) is 1. The van der Waals surface area contributed by atoms with E-state index in [0.29, 0.717) is 11.3 Å². The summed E-state index contributed by atoms with van der Waals surface area (Å²) < 4.78 is 33.1. The molecule has 0 radical (unpaired) electrons. The van der Waals surface area contributed by atoms with Crippen LogP contribution < -0.4 is 5.73 Å². The van der Waals surface area contributed by atoms with E-state index in [0.717, 1.165) is 23.9 Å². The summed E-state index contributed by atoms with van der Waals surface area (Å²) in [6.45, 7) is 0. The van der Waals surface area contributed by atoms with Crippen LogP contribution in [0.3, 0.4) is 0 Å². The molecule has 0 unspecified atom stereocenters. The summed E-state index contributed by atoms with van der Waals surface area (Å²) in [4.78, 5) is 0. The van der Waals surface area contributed by atoms with Crippen LogP contribution in [0, 0.1) is 11.6 Å². The largest absolute Gasteiger partial charge is 0.381 e. The molecule has 0 atom stereocenters. The molecule has 0 saturated carbocycles. The van der Waals surface area contributed by atoms with Crippen molar-refractivity contribution in [2.75, 3.05) is 5.73 Å². The highest BCUT2D eigenvalue weighted by Gasteiger charge is 2.10. The van der Waals surface area contributed by atoms with Crippen LogP contribution in [0.1, 0.15) is 0 Å². The molecule has 0 bridgehead atoms. The molecule has 2 rings (SSSR count). The van der Waals surface area contributed by atoms with Crippen LogP contribution in [0.15, 0.2) is 18.2 Å². The van der Waals surface area contributed by atoms with Gasteiger partial charge in [0, 0.05) is 5.56 Å². The molecule has 0 spiro atoms. The summed E-state index contributed by atoms with van der Waals surface area (Å²) in [5.74, 6) is -1.59. The van der Waals surface area contributed by atoms with Crippen molar-refractivity contribution >= 4 is 17.5 Å². The van der Waals surface area contributed by atoms with E-state index in [1.54, 1.807) is 0 Å². The molecule has 2 N–H and O–H groups in total. The third-order valence-electron chi connectivity index (χ3n) is 1.71. The molecule has 0 fully saturated rings. The van der Waals surface area contributed by atoms with E-state index in [1.807, 2.05) is 0 Å². The lowest BCUT2D eigenvalue weighted by Crippen LogP contribution is -1.90. The molecule has 0 saturated heterocycles. The predicted octanol–water partition coefficient (Wildman–Crippen LogP) is 2.07. The number of hydrogen-bond acceptors (Lipinski definition) is 4. The van der Waals surface area contributed by atoms with Crippen molar-refractivity contribution in [1.29, 1.82) is 0 Å². The van der Waals surface area contributed by atoms with Gasteiger partial charge in [0.05, 0.1) is 11.7 Å². The van der Waals surface area contributed by atoms with Crippen molar-refractivity contribution in [3.8, 4) is 11.3 Å². The van der Waals surface area contributed by atoms with E-state index in [1.165, 1.54) is 6.07 Å². The number of hydrogen-bond donors (Lipinski definition) is 1. The van der Waals surface area contributed by atoms with E-state index < -0.39 is 11.6 Å². The number of halogens is 2. The topological polar surface area (TPSA) is 51.8 Å². The summed E-state index contributed by atoms with van der Waals surface area (Å²) >= 11 is 0.930. The molecule has 0 aliphatic carbocycles. The van der Waals surface area contributed by atoms with E-state index in [4.69, 9.17) is 5.73 Å². The lowest BCUT2D eigenvalue weighted by molar-refractivity contribution is 0.509. The van der Waals surface area contributed by atoms with Gasteiger partial charge in [0.1, 0.15) is 5.69 Å². The molecule has 6 heteroatoms. The molecule has 0 aliphatic rings. The molecule has 14 heavy (non-hydrogen) atoms. The summed E-state index contributed by atoms with van der Waals surface area (Å²) in [5, 5.41) is 0. The fourth-order valence-corrected chi connectivity index (χ4v) is 1.54. The van der Waals surface area contributed by atoms with Crippen molar-refractivity contribution in [2.45, 2.75) is 0 Å². The second kappa shape index (κ2) is 3.30. The minimum atomic E-state index is -0.921. The highest BCUT2D eigenvalue weighted by Crippen LogP contribution is 2.24. The normalized spacial score (nSPS) is 10.4. The lowest BCUT2D eigenvalue weighted by atomic mass is 10.1. The highest BCUT2D eigenvalue weighted by molar-refractivity contribution is 6.99. The number of rotatable bonds is 1. The highest BCUT2D eigenvalue weighted by atomic mass is 32.1. The van der Waals surface area contributed by atoms with Gasteiger partial charge in [-0.25, -0.2) is 8.78 Å². The van der Waals surface area contributed by atoms with Crippen molar-refractivity contribution < 1.29 is 8.78 Å². The zero-order chi connectivity index (χ0) is 10.1. The third-order valence-corrected chi connectivity index (χ3v) is 2.25. The first-order valence-electron chi connectivity index (χ1n) is 3.72. The molecule has 2 aromatic rings. The monoisotopic (exact) mass is 213 g/mol. The number of nitrogens with zero attached hydrogens (tertiary/aromatic N) is 2. The van der Waals surface area contributed by atoms with E-state index in [-0.39, 0.29) is 5.82 Å². The van der Waals surface area contributed by atoms with Gasteiger partial charge in [0.15, 0.2) is 17.5 Å². The van der Waals surface area contributed by atoms with Gasteiger partial charge in [-0.15, -0.1) is 0 Å². The first-order valence-corrected chi connectivity index (χ1v) is 4.45. The Labute approximate surface area is 82.5 Å². The van der Waals surface area contributed by atoms with E-state index >= 15 is 0 Å². The Bertz CT molecular complexity index is 469. The minimum absolute atomic E-state index is 0.223. The fraction of sp³-hybridized carbons (Fsp3) is 0. The smallest absolute Gasteiger partial charge is 0.165 e. The summed E-state index contributed by atoms with van der Waals surface area (Å²) in [6.07, 6.45) is 0. The first kappa shape index (κ1) is 9.01. The van der Waals surface area contributed by atoms with Crippen LogP contribution >= 0.6 is 11.7 Å². The van der Waals surface area contributed by atoms with Gasteiger partial charge in [-0.2, -0.15) is 8.75 Å². The number of benzene rings is 1. The van der Waals surface area contributed by atoms with Crippen molar-refractivity contribution in [3.63, 3.8) is 0 Å². The van der Waals surface area contributed by atoms with Gasteiger partial charge >= 0.3 is 0 Å². The summed E-state index contributed by atoms with van der Waals surface area (Å²) in [5.41, 5.74) is 6.29. The Morgan fingerprint density at radius 3 is 2.50 bits per heavy atom. The maximum Gasteiger partial charge on any atom is 0.165 e. The maximum absolute atomic E-state index is 12.8. The van der Waals surface area contributed by atoms with Crippen LogP contribution in [0.25, 0.3) is 11.3 Å². The molecule has 1 aromatic heterocycles. The SMILES string of the molecule is Nc1nsnc1-c1ccc(F)c(F)c1. The predicted molar refractivity (Wildman–Crippen MR) is 49.7 cm³/mol. The Morgan fingerprint density at radius 2 is 1.93 bits per heavy atom. The molecule has 1 heterocycles. The van der Waals surface area contributed by atoms with Gasteiger partial charge in [0.2, 0.25) is 0 Å². The average molecular weight is 213 g/mol. The molecule has 0 aliphatic heterocycles. The van der Waals surface area contributed by atoms with Crippen LogP contribution in [0.2, 0.25) is 0 Å². The molecule has 3 nitrogen and oxygen atoms in total. The maximum atomic E-state index is 12.8. The Hall–Kier alpha value is -1.56. The molecule has 1 aromatic carbocycles. The van der Waals surface area contributed by atoms with E-state index in [9.17, 15) is 8.78 Å². The Morgan fingerprint density at radius 1 is 1.14 bits per heavy atom. The van der Waals surface area contributed by atoms with Crippen molar-refractivity contribution in [3.05, 3.63) is 29.8 Å². The van der Waals surface area contributed by atoms with E-state index in [2.05, 4.69) is 8.75 Å². The molecular formula is C8H5F2N3S. The van der Waals surface area contributed by atoms with Gasteiger partial charge < -0.3 is 5.73 Å². The van der Waals surface area contributed by atoms with Crippen molar-refractivity contribution in [1.82, 2.24) is 8.75 Å². The van der Waals surface area contributed by atoms with Crippen molar-refractivity contribution in [2.24, 2.45) is 0 Å². The van der Waals surface area contributed by atoms with Gasteiger partial charge in [-0.05, 0) is 18.2 Å². The third kappa shape index (κ3) is 1.44. The summed E-state index contributed by atoms with van der Waals surface area (Å²) in [6, 6.07) is 3.48. The average Bonchev–Trinajstić information content (AvgIpc) is 2.57. The minimum Gasteiger partial charge on any atom is -0.381 e. The zero-order valence-corrected chi connectivity index (χ0v) is 7.68. The number of aromatic nitrogens is 2. The Kier molecular flexibility index (Phi) is 2.12. The van der Waals surface area contributed by atoms with Crippen LogP contribution in [-0.2, 0) is 0 Å². The quantitative estimate of drug-likeness (QED) is 0.788. The second-order valence-electron chi connectivity index (χ2n) is 2.63. The van der Waals surface area contributed by atoms with Crippen LogP contribution in [-0.4, -0.2) is 8.75 Å². The number of nitrogen functional groups attached to an aromatic ring is 1. The lowest BCUT2D eigenvalue weighted by Gasteiger charge is -1.98. The van der Waals surface area contributed by atoms with Gasteiger partial charge in [-0.3, -0.25) is 0 Å². The fourth-order valence-electron chi connectivity index (χ4n) is 1.04. The molecule has 0 amide bonds. The zero-order valence-electron chi connectivity index (χ0n) is 6.87. The Balaban J connectivity index is 2.53. The molecule has 72 valence electrons. The van der Waals surface area contributed by atoms with Crippen LogP contribution in [0.4, 0.5) is 14.6 Å². The van der Waals surface area contributed by atoms with Gasteiger partial charge in [0.25, 0.3) is 0 Å². The first-order chi connectivity index (χ1) is 6.68. The second-order valence-corrected chi connectivity index (χ2v) is 3.16. The summed E-state index contributed by atoms with van der Waals surface area (Å²) in [7, 11) is 0.